The Balaban J connectivity index is 1.35. The Hall–Kier alpha value is -3.96. The molecular formula is C28H33N5O9S2. The van der Waals surface area contributed by atoms with Crippen LogP contribution in [0.3, 0.4) is 0 Å². The zero-order chi connectivity index (χ0) is 31.9. The van der Waals surface area contributed by atoms with Gasteiger partial charge in [-0.15, -0.1) is 16.4 Å². The molecule has 2 atom stereocenters. The molecule has 0 unspecified atom stereocenters. The van der Waals surface area contributed by atoms with Gasteiger partial charge in [0.2, 0.25) is 4.34 Å². The number of nitrogens with zero attached hydrogens (tertiary/aromatic N) is 4. The summed E-state index contributed by atoms with van der Waals surface area (Å²) in [5.74, 6) is -1.75. The van der Waals surface area contributed by atoms with Crippen molar-refractivity contribution >= 4 is 43.3 Å². The quantitative estimate of drug-likeness (QED) is 0.151. The molecule has 44 heavy (non-hydrogen) atoms. The van der Waals surface area contributed by atoms with E-state index in [0.717, 1.165) is 16.9 Å². The molecule has 0 fully saturated rings. The minimum absolute atomic E-state index is 0.0171. The third-order valence-electron chi connectivity index (χ3n) is 6.42. The molecule has 0 saturated heterocycles. The van der Waals surface area contributed by atoms with Gasteiger partial charge in [0.15, 0.2) is 5.78 Å². The second-order valence-electron chi connectivity index (χ2n) is 10.3. The summed E-state index contributed by atoms with van der Waals surface area (Å²) in [6, 6.07) is 11.2. The molecule has 4 aromatic rings. The number of thiazole rings is 1. The van der Waals surface area contributed by atoms with Crippen molar-refractivity contribution in [1.29, 1.82) is 0 Å². The van der Waals surface area contributed by atoms with Gasteiger partial charge in [-0.05, 0) is 41.8 Å². The van der Waals surface area contributed by atoms with Crippen LogP contribution in [0.1, 0.15) is 37.6 Å². The van der Waals surface area contributed by atoms with E-state index in [-0.39, 0.29) is 55.5 Å². The average Bonchev–Trinajstić information content (AvgIpc) is 3.61. The van der Waals surface area contributed by atoms with Crippen molar-refractivity contribution < 1.29 is 42.4 Å². The smallest absolute Gasteiger partial charge is 0.309 e. The van der Waals surface area contributed by atoms with Crippen LogP contribution in [-0.4, -0.2) is 70.2 Å². The monoisotopic (exact) mass is 647 g/mol. The first-order chi connectivity index (χ1) is 20.9. The number of carbonyl (C=O) groups excluding carboxylic acids is 1. The predicted molar refractivity (Wildman–Crippen MR) is 159 cm³/mol. The molecule has 0 spiro atoms. The Morgan fingerprint density at radius 1 is 1.09 bits per heavy atom. The van der Waals surface area contributed by atoms with Crippen molar-refractivity contribution in [3.8, 4) is 11.5 Å². The fourth-order valence-electron chi connectivity index (χ4n) is 4.38. The predicted octanol–water partition coefficient (Wildman–Crippen LogP) is 2.56. The minimum atomic E-state index is -3.92. The van der Waals surface area contributed by atoms with Crippen molar-refractivity contribution in [1.82, 2.24) is 20.0 Å². The molecule has 0 aliphatic rings. The number of aliphatic carboxylic acids is 1. The highest BCUT2D eigenvalue weighted by Crippen LogP contribution is 2.29. The number of fused-ring (bicyclic) bond motifs is 1. The molecule has 4 rings (SSSR count). The lowest BCUT2D eigenvalue weighted by Gasteiger charge is -2.21. The summed E-state index contributed by atoms with van der Waals surface area (Å²) in [5, 5.41) is 32.1. The van der Waals surface area contributed by atoms with Crippen LogP contribution in [-0.2, 0) is 37.6 Å². The van der Waals surface area contributed by atoms with E-state index in [1.165, 1.54) is 4.68 Å². The van der Waals surface area contributed by atoms with Crippen molar-refractivity contribution in [2.75, 3.05) is 19.8 Å². The van der Waals surface area contributed by atoms with Crippen LogP contribution in [0, 0.1) is 11.8 Å². The number of aliphatic hydroxyl groups is 1. The zero-order valence-corrected chi connectivity index (χ0v) is 25.7. The minimum Gasteiger partial charge on any atom is -0.491 e. The third-order valence-corrected chi connectivity index (χ3v) is 8.76. The molecule has 236 valence electrons. The normalized spacial score (nSPS) is 13.2. The number of hydrogen-bond donors (Lipinski definition) is 3. The maximum absolute atomic E-state index is 13.3. The van der Waals surface area contributed by atoms with Gasteiger partial charge < -0.3 is 24.4 Å². The molecule has 0 aliphatic carbocycles. The molecule has 0 bridgehead atoms. The molecule has 4 N–H and O–H groups in total. The van der Waals surface area contributed by atoms with E-state index < -0.39 is 28.0 Å². The number of rotatable bonds is 17. The summed E-state index contributed by atoms with van der Waals surface area (Å²) in [6.07, 6.45) is 1.31. The fraction of sp³-hybridized carbons (Fsp3) is 0.393. The van der Waals surface area contributed by atoms with Crippen molar-refractivity contribution in [3.63, 3.8) is 0 Å². The standard InChI is InChI=1S/C28H33N5O9S2/c1-17(2)26(24(35)11-19(27(36)37)15-40-14-18-4-3-5-21(10-18)41-9-8-34)33-13-20(31-32-33)16-42-22-6-7-23-25(12-22)43-28(30-23)44(29,38)39/h3-7,10,12-13,17,19,26,34H,8-9,11,14-16H2,1-2H3,(H,36,37)(H2,29,38,39)/t19-,26-/m0/s1. The van der Waals surface area contributed by atoms with Crippen LogP contribution in [0.4, 0.5) is 0 Å². The Labute approximate surface area is 257 Å². The lowest BCUT2D eigenvalue weighted by atomic mass is 9.93. The number of carboxylic acids is 1. The van der Waals surface area contributed by atoms with Gasteiger partial charge in [0.05, 0.1) is 42.2 Å². The molecule has 0 saturated carbocycles. The van der Waals surface area contributed by atoms with Crippen molar-refractivity contribution in [2.24, 2.45) is 17.0 Å². The lowest BCUT2D eigenvalue weighted by molar-refractivity contribution is -0.147. The van der Waals surface area contributed by atoms with Crippen molar-refractivity contribution in [2.45, 2.75) is 43.9 Å². The van der Waals surface area contributed by atoms with Gasteiger partial charge in [-0.2, -0.15) is 0 Å². The Bertz CT molecular complexity index is 1700. The van der Waals surface area contributed by atoms with Gasteiger partial charge in [0, 0.05) is 6.42 Å². The number of aliphatic hydroxyl groups excluding tert-OH is 1. The number of carbonyl (C=O) groups is 2. The van der Waals surface area contributed by atoms with Crippen LogP contribution >= 0.6 is 11.3 Å². The number of sulfonamides is 1. The number of carboxylic acid groups (broad SMARTS) is 1. The van der Waals surface area contributed by atoms with E-state index in [0.29, 0.717) is 27.4 Å². The van der Waals surface area contributed by atoms with E-state index >= 15 is 0 Å². The number of hydrogen-bond acceptors (Lipinski definition) is 12. The number of Topliss-reactive ketones (excluding diaryl/α,β-unsaturated/α-hetero) is 1. The van der Waals surface area contributed by atoms with Gasteiger partial charge in [-0.1, -0.05) is 31.2 Å². The van der Waals surface area contributed by atoms with Crippen LogP contribution in [0.25, 0.3) is 10.2 Å². The van der Waals surface area contributed by atoms with Gasteiger partial charge in [0.25, 0.3) is 10.0 Å². The highest BCUT2D eigenvalue weighted by atomic mass is 32.2. The summed E-state index contributed by atoms with van der Waals surface area (Å²) in [6.45, 7) is 3.67. The van der Waals surface area contributed by atoms with E-state index in [9.17, 15) is 23.1 Å². The summed E-state index contributed by atoms with van der Waals surface area (Å²) < 4.78 is 41.8. The first kappa shape index (κ1) is 32.9. The van der Waals surface area contributed by atoms with Crippen LogP contribution in [0.2, 0.25) is 0 Å². The molecule has 2 aromatic carbocycles. The lowest BCUT2D eigenvalue weighted by Crippen LogP contribution is -2.30. The molecule has 2 aromatic heterocycles. The zero-order valence-electron chi connectivity index (χ0n) is 24.0. The summed E-state index contributed by atoms with van der Waals surface area (Å²) in [7, 11) is -3.92. The number of ether oxygens (including phenoxy) is 3. The molecule has 2 heterocycles. The largest absolute Gasteiger partial charge is 0.491 e. The number of primary sulfonamides is 1. The summed E-state index contributed by atoms with van der Waals surface area (Å²) >= 11 is 0.931. The molecule has 0 amide bonds. The fourth-order valence-corrected chi connectivity index (χ4v) is 6.07. The molecular weight excluding hydrogens is 614 g/mol. The SMILES string of the molecule is CC(C)[C@@H](C(=O)C[C@@H](COCc1cccc(OCCO)c1)C(=O)O)n1cc(COc2ccc3nc(S(N)(=O)=O)sc3c2)nn1. The molecule has 0 radical (unpaired) electrons. The maximum atomic E-state index is 13.3. The van der Waals surface area contributed by atoms with Crippen molar-refractivity contribution in [3.05, 3.63) is 59.9 Å². The van der Waals surface area contributed by atoms with Gasteiger partial charge >= 0.3 is 5.97 Å². The van der Waals surface area contributed by atoms with E-state index in [2.05, 4.69) is 15.3 Å². The molecule has 16 heteroatoms. The van der Waals surface area contributed by atoms with Gasteiger partial charge in [0.1, 0.15) is 36.4 Å². The van der Waals surface area contributed by atoms with E-state index in [4.69, 9.17) is 24.5 Å². The van der Waals surface area contributed by atoms with E-state index in [1.54, 1.807) is 48.7 Å². The van der Waals surface area contributed by atoms with Gasteiger partial charge in [-0.3, -0.25) is 9.59 Å². The number of aromatic nitrogens is 4. The highest BCUT2D eigenvalue weighted by Gasteiger charge is 2.30. The summed E-state index contributed by atoms with van der Waals surface area (Å²) in [5.41, 5.74) is 1.66. The molecule has 14 nitrogen and oxygen atoms in total. The topological polar surface area (TPSA) is 206 Å². The number of nitrogens with two attached hydrogens (primary N) is 1. The van der Waals surface area contributed by atoms with Crippen LogP contribution < -0.4 is 14.6 Å². The Morgan fingerprint density at radius 2 is 1.86 bits per heavy atom. The number of benzene rings is 2. The van der Waals surface area contributed by atoms with Crippen LogP contribution in [0.5, 0.6) is 11.5 Å². The first-order valence-electron chi connectivity index (χ1n) is 13.6. The Morgan fingerprint density at radius 3 is 2.57 bits per heavy atom. The Kier molecular flexibility index (Phi) is 11.0. The average molecular weight is 648 g/mol. The molecule has 0 aliphatic heterocycles. The first-order valence-corrected chi connectivity index (χ1v) is 15.9. The third kappa shape index (κ3) is 8.79. The number of ketones is 1. The van der Waals surface area contributed by atoms with Crippen LogP contribution in [0.15, 0.2) is 53.0 Å². The second-order valence-corrected chi connectivity index (χ2v) is 13.0. The van der Waals surface area contributed by atoms with Gasteiger partial charge in [-0.25, -0.2) is 23.2 Å². The van der Waals surface area contributed by atoms with E-state index in [1.807, 2.05) is 13.8 Å². The maximum Gasteiger partial charge on any atom is 0.309 e. The second kappa shape index (κ2) is 14.7. The highest BCUT2D eigenvalue weighted by molar-refractivity contribution is 7.91. The summed E-state index contributed by atoms with van der Waals surface area (Å²) in [4.78, 5) is 29.3.